The number of hydrogen-bond donors (Lipinski definition) is 0. The van der Waals surface area contributed by atoms with Crippen molar-refractivity contribution in [3.63, 3.8) is 0 Å². The number of thiophene rings is 1. The summed E-state index contributed by atoms with van der Waals surface area (Å²) >= 11 is 5.15. The third-order valence-corrected chi connectivity index (χ3v) is 4.21. The maximum Gasteiger partial charge on any atom is 0.307 e. The minimum atomic E-state index is -0.151. The van der Waals surface area contributed by atoms with E-state index in [1.165, 1.54) is 0 Å². The first-order chi connectivity index (χ1) is 7.56. The average molecular weight is 306 g/mol. The molecule has 0 aliphatic heterocycles. The zero-order valence-corrected chi connectivity index (χ0v) is 12.1. The van der Waals surface area contributed by atoms with Gasteiger partial charge in [0.25, 0.3) is 0 Å². The van der Waals surface area contributed by atoms with Crippen LogP contribution in [0.1, 0.15) is 24.3 Å². The molecule has 1 aromatic rings. The van der Waals surface area contributed by atoms with E-state index >= 15 is 0 Å². The van der Waals surface area contributed by atoms with E-state index in [4.69, 9.17) is 4.74 Å². The second-order valence-corrected chi connectivity index (χ2v) is 5.42. The number of esters is 1. The number of rotatable bonds is 5. The summed E-state index contributed by atoms with van der Waals surface area (Å²) in [4.78, 5) is 14.7. The van der Waals surface area contributed by atoms with E-state index in [1.807, 2.05) is 37.4 Å². The van der Waals surface area contributed by atoms with E-state index in [0.29, 0.717) is 13.0 Å². The molecule has 0 aliphatic rings. The van der Waals surface area contributed by atoms with Crippen molar-refractivity contribution in [2.75, 3.05) is 20.7 Å². The highest BCUT2D eigenvalue weighted by Gasteiger charge is 2.22. The van der Waals surface area contributed by atoms with Crippen LogP contribution in [-0.2, 0) is 9.53 Å². The highest BCUT2D eigenvalue weighted by atomic mass is 79.9. The fourth-order valence-corrected chi connectivity index (χ4v) is 3.27. The summed E-state index contributed by atoms with van der Waals surface area (Å²) < 4.78 is 6.04. The Balaban J connectivity index is 2.77. The van der Waals surface area contributed by atoms with Gasteiger partial charge in [0.1, 0.15) is 0 Å². The molecule has 0 bridgehead atoms. The summed E-state index contributed by atoms with van der Waals surface area (Å²) in [6, 6.07) is 2.08. The number of halogens is 1. The highest BCUT2D eigenvalue weighted by Crippen LogP contribution is 2.33. The van der Waals surface area contributed by atoms with E-state index in [1.54, 1.807) is 11.3 Å². The predicted octanol–water partition coefficient (Wildman–Crippen LogP) is 3.07. The Hall–Kier alpha value is -0.390. The van der Waals surface area contributed by atoms with Crippen LogP contribution in [0.2, 0.25) is 0 Å². The Morgan fingerprint density at radius 1 is 1.62 bits per heavy atom. The lowest BCUT2D eigenvalue weighted by molar-refractivity contribution is -0.144. The van der Waals surface area contributed by atoms with Crippen molar-refractivity contribution in [3.8, 4) is 0 Å². The molecule has 90 valence electrons. The molecule has 1 atom stereocenters. The average Bonchev–Trinajstić information content (AvgIpc) is 2.61. The molecule has 1 unspecified atom stereocenters. The van der Waals surface area contributed by atoms with E-state index in [2.05, 4.69) is 15.9 Å². The Morgan fingerprint density at radius 3 is 2.75 bits per heavy atom. The molecule has 0 spiro atoms. The highest BCUT2D eigenvalue weighted by molar-refractivity contribution is 9.10. The van der Waals surface area contributed by atoms with Crippen molar-refractivity contribution >= 4 is 33.2 Å². The summed E-state index contributed by atoms with van der Waals surface area (Å²) in [5.74, 6) is -0.151. The van der Waals surface area contributed by atoms with Crippen molar-refractivity contribution in [2.45, 2.75) is 19.4 Å². The molecule has 0 saturated carbocycles. The van der Waals surface area contributed by atoms with Crippen LogP contribution in [0.3, 0.4) is 0 Å². The Kier molecular flexibility index (Phi) is 5.44. The number of carbonyl (C=O) groups excluding carboxylic acids is 1. The van der Waals surface area contributed by atoms with E-state index in [0.717, 1.165) is 9.35 Å². The number of ether oxygens (including phenoxy) is 1. The van der Waals surface area contributed by atoms with Gasteiger partial charge in [0.2, 0.25) is 0 Å². The first-order valence-electron chi connectivity index (χ1n) is 5.11. The molecule has 0 aliphatic carbocycles. The fourth-order valence-electron chi connectivity index (χ4n) is 1.43. The van der Waals surface area contributed by atoms with Crippen LogP contribution in [-0.4, -0.2) is 31.6 Å². The summed E-state index contributed by atoms with van der Waals surface area (Å²) in [5, 5.41) is 2.01. The first kappa shape index (κ1) is 13.7. The van der Waals surface area contributed by atoms with Crippen LogP contribution in [0.15, 0.2) is 15.9 Å². The van der Waals surface area contributed by atoms with Gasteiger partial charge in [-0.15, -0.1) is 11.3 Å². The van der Waals surface area contributed by atoms with E-state index < -0.39 is 0 Å². The predicted molar refractivity (Wildman–Crippen MR) is 69.7 cm³/mol. The van der Waals surface area contributed by atoms with Crippen molar-refractivity contribution in [3.05, 3.63) is 20.8 Å². The molecule has 1 aromatic heterocycles. The van der Waals surface area contributed by atoms with Crippen molar-refractivity contribution in [2.24, 2.45) is 0 Å². The van der Waals surface area contributed by atoms with Gasteiger partial charge < -0.3 is 9.64 Å². The van der Waals surface area contributed by atoms with Gasteiger partial charge in [0.05, 0.1) is 19.1 Å². The molecular weight excluding hydrogens is 290 g/mol. The van der Waals surface area contributed by atoms with Crippen LogP contribution in [0.4, 0.5) is 0 Å². The van der Waals surface area contributed by atoms with Gasteiger partial charge in [0.15, 0.2) is 0 Å². The van der Waals surface area contributed by atoms with Crippen LogP contribution in [0, 0.1) is 0 Å². The maximum absolute atomic E-state index is 11.5. The Labute approximate surface area is 109 Å². The van der Waals surface area contributed by atoms with Crippen LogP contribution < -0.4 is 0 Å². The van der Waals surface area contributed by atoms with Gasteiger partial charge >= 0.3 is 5.97 Å². The molecule has 1 rings (SSSR count). The molecule has 0 radical (unpaired) electrons. The molecule has 16 heavy (non-hydrogen) atoms. The zero-order valence-electron chi connectivity index (χ0n) is 9.70. The van der Waals surface area contributed by atoms with Crippen LogP contribution in [0.5, 0.6) is 0 Å². The van der Waals surface area contributed by atoms with Crippen molar-refractivity contribution < 1.29 is 9.53 Å². The van der Waals surface area contributed by atoms with Crippen LogP contribution in [0.25, 0.3) is 0 Å². The summed E-state index contributed by atoms with van der Waals surface area (Å²) in [6.07, 6.45) is 0.389. The Bertz CT molecular complexity index is 352. The number of carbonyl (C=O) groups is 1. The van der Waals surface area contributed by atoms with E-state index in [9.17, 15) is 4.79 Å². The molecule has 0 N–H and O–H groups in total. The first-order valence-corrected chi connectivity index (χ1v) is 6.78. The van der Waals surface area contributed by atoms with Crippen molar-refractivity contribution in [1.29, 1.82) is 0 Å². The van der Waals surface area contributed by atoms with Gasteiger partial charge in [-0.2, -0.15) is 0 Å². The second-order valence-electron chi connectivity index (χ2n) is 3.62. The topological polar surface area (TPSA) is 29.5 Å². The fraction of sp³-hybridized carbons (Fsp3) is 0.545. The third kappa shape index (κ3) is 3.57. The number of nitrogens with zero attached hydrogens (tertiary/aromatic N) is 1. The second kappa shape index (κ2) is 6.37. The van der Waals surface area contributed by atoms with Crippen molar-refractivity contribution in [1.82, 2.24) is 4.90 Å². The third-order valence-electron chi connectivity index (χ3n) is 2.24. The van der Waals surface area contributed by atoms with E-state index in [-0.39, 0.29) is 12.0 Å². The SMILES string of the molecule is CCOC(=O)CC(c1sccc1Br)N(C)C. The van der Waals surface area contributed by atoms with Gasteiger partial charge in [-0.05, 0) is 48.4 Å². The lowest BCUT2D eigenvalue weighted by Gasteiger charge is -2.22. The Morgan fingerprint density at radius 2 is 2.31 bits per heavy atom. The minimum Gasteiger partial charge on any atom is -0.466 e. The largest absolute Gasteiger partial charge is 0.466 e. The maximum atomic E-state index is 11.5. The van der Waals surface area contributed by atoms with Gasteiger partial charge in [-0.25, -0.2) is 0 Å². The summed E-state index contributed by atoms with van der Waals surface area (Å²) in [7, 11) is 3.94. The van der Waals surface area contributed by atoms with Gasteiger partial charge in [-0.3, -0.25) is 4.79 Å². The normalized spacial score (nSPS) is 12.8. The molecule has 0 fully saturated rings. The van der Waals surface area contributed by atoms with Gasteiger partial charge in [-0.1, -0.05) is 0 Å². The van der Waals surface area contributed by atoms with Crippen LogP contribution >= 0.6 is 27.3 Å². The molecular formula is C11H16BrNO2S. The summed E-state index contributed by atoms with van der Waals surface area (Å²) in [5.41, 5.74) is 0. The standard InChI is InChI=1S/C11H16BrNO2S/c1-4-15-10(14)7-9(13(2)3)11-8(12)5-6-16-11/h5-6,9H,4,7H2,1-3H3. The zero-order chi connectivity index (χ0) is 12.1. The molecule has 0 aromatic carbocycles. The molecule has 0 saturated heterocycles. The minimum absolute atomic E-state index is 0.0772. The molecule has 5 heteroatoms. The summed E-state index contributed by atoms with van der Waals surface area (Å²) in [6.45, 7) is 2.26. The quantitative estimate of drug-likeness (QED) is 0.783. The molecule has 0 amide bonds. The number of hydrogen-bond acceptors (Lipinski definition) is 4. The molecule has 1 heterocycles. The smallest absolute Gasteiger partial charge is 0.307 e. The monoisotopic (exact) mass is 305 g/mol. The lowest BCUT2D eigenvalue weighted by atomic mass is 10.1. The molecule has 3 nitrogen and oxygen atoms in total. The lowest BCUT2D eigenvalue weighted by Crippen LogP contribution is -2.23. The van der Waals surface area contributed by atoms with Gasteiger partial charge in [0, 0.05) is 9.35 Å².